The van der Waals surface area contributed by atoms with Crippen LogP contribution in [0.5, 0.6) is 5.75 Å². The smallest absolute Gasteiger partial charge is 0.356 e. The molecular weight excluding hydrogens is 378 g/mol. The molecule has 1 heterocycles. The van der Waals surface area contributed by atoms with Crippen LogP contribution in [0.1, 0.15) is 36.8 Å². The molecule has 3 aromatic rings. The Balaban J connectivity index is 2.24. The molecule has 1 aromatic heterocycles. The van der Waals surface area contributed by atoms with Crippen LogP contribution in [0.4, 0.5) is 0 Å². The van der Waals surface area contributed by atoms with Crippen LogP contribution in [0.25, 0.3) is 10.9 Å². The number of hydrogen-bond donors (Lipinski definition) is 0. The third-order valence-corrected chi connectivity index (χ3v) is 5.89. The van der Waals surface area contributed by atoms with Gasteiger partial charge in [-0.05, 0) is 64.1 Å². The van der Waals surface area contributed by atoms with Crippen LogP contribution in [-0.4, -0.2) is 31.1 Å². The van der Waals surface area contributed by atoms with Gasteiger partial charge < -0.3 is 9.47 Å². The highest BCUT2D eigenvalue weighted by Crippen LogP contribution is 2.29. The van der Waals surface area contributed by atoms with Crippen LogP contribution in [0, 0.1) is 6.92 Å². The van der Waals surface area contributed by atoms with Gasteiger partial charge in [0.2, 0.25) is 0 Å². The Hall–Kier alpha value is -2.80. The molecule has 2 aromatic carbocycles. The lowest BCUT2D eigenvalue weighted by atomic mass is 10.2. The van der Waals surface area contributed by atoms with E-state index in [0.29, 0.717) is 16.7 Å². The maximum absolute atomic E-state index is 13.3. The summed E-state index contributed by atoms with van der Waals surface area (Å²) in [5.74, 6) is -0.0940. The van der Waals surface area contributed by atoms with Crippen molar-refractivity contribution in [2.24, 2.45) is 0 Å². The number of fused-ring (bicyclic) bond motifs is 1. The van der Waals surface area contributed by atoms with Gasteiger partial charge in [-0.3, -0.25) is 0 Å². The van der Waals surface area contributed by atoms with Crippen molar-refractivity contribution in [1.29, 1.82) is 0 Å². The third-order valence-electron chi connectivity index (χ3n) is 4.14. The monoisotopic (exact) mass is 401 g/mol. The zero-order valence-electron chi connectivity index (χ0n) is 16.3. The number of nitrogens with zero attached hydrogens (tertiary/aromatic N) is 1. The van der Waals surface area contributed by atoms with E-state index in [1.807, 2.05) is 20.8 Å². The van der Waals surface area contributed by atoms with E-state index >= 15 is 0 Å². The third kappa shape index (κ3) is 3.75. The summed E-state index contributed by atoms with van der Waals surface area (Å²) >= 11 is 0. The van der Waals surface area contributed by atoms with Gasteiger partial charge in [0.1, 0.15) is 11.4 Å². The van der Waals surface area contributed by atoms with Crippen molar-refractivity contribution >= 4 is 26.9 Å². The van der Waals surface area contributed by atoms with Crippen molar-refractivity contribution < 1.29 is 22.7 Å². The van der Waals surface area contributed by atoms with Gasteiger partial charge in [0.15, 0.2) is 0 Å². The van der Waals surface area contributed by atoms with Gasteiger partial charge in [-0.2, -0.15) is 0 Å². The summed E-state index contributed by atoms with van der Waals surface area (Å²) in [6, 6.07) is 13.1. The number of benzene rings is 2. The van der Waals surface area contributed by atoms with Crippen molar-refractivity contribution in [2.75, 3.05) is 6.61 Å². The molecule has 0 unspecified atom stereocenters. The number of carbonyl (C=O) groups is 1. The maximum atomic E-state index is 13.3. The molecule has 0 aliphatic heterocycles. The topological polar surface area (TPSA) is 74.6 Å². The molecule has 0 saturated carbocycles. The number of aromatic nitrogens is 1. The number of carbonyl (C=O) groups excluding carboxylic acids is 1. The van der Waals surface area contributed by atoms with Crippen LogP contribution in [-0.2, 0) is 14.8 Å². The van der Waals surface area contributed by atoms with Gasteiger partial charge in [0, 0.05) is 5.39 Å². The Morgan fingerprint density at radius 1 is 1.07 bits per heavy atom. The molecule has 0 aliphatic carbocycles. The van der Waals surface area contributed by atoms with Crippen LogP contribution in [0.15, 0.2) is 53.4 Å². The molecule has 0 bridgehead atoms. The van der Waals surface area contributed by atoms with Crippen LogP contribution in [0.2, 0.25) is 0 Å². The van der Waals surface area contributed by atoms with E-state index in [2.05, 4.69) is 0 Å². The van der Waals surface area contributed by atoms with E-state index in [9.17, 15) is 13.2 Å². The highest BCUT2D eigenvalue weighted by Gasteiger charge is 2.27. The summed E-state index contributed by atoms with van der Waals surface area (Å²) in [5, 5.41) is 0.580. The molecule has 0 N–H and O–H groups in total. The first-order valence-corrected chi connectivity index (χ1v) is 10.5. The standard InChI is InChI=1S/C21H23NO5S/c1-5-26-21(23)20-13-16-12-17(27-14(2)3)8-11-19(16)22(20)28(24,25)18-9-6-15(4)7-10-18/h6-14H,5H2,1-4H3. The van der Waals surface area contributed by atoms with Crippen molar-refractivity contribution in [3.8, 4) is 5.75 Å². The van der Waals surface area contributed by atoms with Crippen molar-refractivity contribution in [3.05, 3.63) is 59.8 Å². The Bertz CT molecular complexity index is 1110. The minimum Gasteiger partial charge on any atom is -0.491 e. The zero-order valence-corrected chi connectivity index (χ0v) is 17.1. The van der Waals surface area contributed by atoms with Crippen LogP contribution in [0.3, 0.4) is 0 Å². The first-order chi connectivity index (χ1) is 13.2. The zero-order chi connectivity index (χ0) is 20.5. The number of ether oxygens (including phenoxy) is 2. The highest BCUT2D eigenvalue weighted by atomic mass is 32.2. The summed E-state index contributed by atoms with van der Waals surface area (Å²) in [6.07, 6.45) is -0.0275. The van der Waals surface area contributed by atoms with E-state index < -0.39 is 16.0 Å². The van der Waals surface area contributed by atoms with E-state index in [1.165, 1.54) is 18.2 Å². The molecule has 0 radical (unpaired) electrons. The van der Waals surface area contributed by atoms with Crippen molar-refractivity contribution in [1.82, 2.24) is 3.97 Å². The Morgan fingerprint density at radius 2 is 1.75 bits per heavy atom. The molecule has 0 atom stereocenters. The minimum absolute atomic E-state index is 0.0275. The van der Waals surface area contributed by atoms with Gasteiger partial charge >= 0.3 is 5.97 Å². The largest absolute Gasteiger partial charge is 0.491 e. The van der Waals surface area contributed by atoms with Crippen LogP contribution >= 0.6 is 0 Å². The molecule has 0 fully saturated rings. The number of esters is 1. The normalized spacial score (nSPS) is 11.8. The summed E-state index contributed by atoms with van der Waals surface area (Å²) in [4.78, 5) is 12.6. The summed E-state index contributed by atoms with van der Waals surface area (Å²) in [5.41, 5.74) is 1.29. The summed E-state index contributed by atoms with van der Waals surface area (Å²) in [7, 11) is -3.99. The number of rotatable bonds is 6. The summed E-state index contributed by atoms with van der Waals surface area (Å²) < 4.78 is 38.5. The van der Waals surface area contributed by atoms with Gasteiger partial charge in [0.05, 0.1) is 23.1 Å². The molecule has 6 nitrogen and oxygen atoms in total. The average Bonchev–Trinajstić information content (AvgIpc) is 3.01. The molecule has 3 rings (SSSR count). The van der Waals surface area contributed by atoms with E-state index in [4.69, 9.17) is 9.47 Å². The molecule has 0 spiro atoms. The second-order valence-electron chi connectivity index (χ2n) is 6.72. The molecule has 0 amide bonds. The Kier molecular flexibility index (Phi) is 5.47. The highest BCUT2D eigenvalue weighted by molar-refractivity contribution is 7.90. The predicted molar refractivity (Wildman–Crippen MR) is 107 cm³/mol. The number of hydrogen-bond acceptors (Lipinski definition) is 5. The Labute approximate surface area is 164 Å². The molecule has 0 aliphatic rings. The molecule has 148 valence electrons. The predicted octanol–water partition coefficient (Wildman–Crippen LogP) is 4.15. The fraction of sp³-hybridized carbons (Fsp3) is 0.286. The number of aryl methyl sites for hydroxylation is 1. The average molecular weight is 401 g/mol. The first kappa shape index (κ1) is 19.9. The fourth-order valence-corrected chi connectivity index (χ4v) is 4.44. The van der Waals surface area contributed by atoms with Crippen LogP contribution < -0.4 is 4.74 Å². The Morgan fingerprint density at radius 3 is 2.36 bits per heavy atom. The van der Waals surface area contributed by atoms with Gasteiger partial charge in [-0.15, -0.1) is 0 Å². The summed E-state index contributed by atoms with van der Waals surface area (Å²) in [6.45, 7) is 7.50. The van der Waals surface area contributed by atoms with E-state index in [-0.39, 0.29) is 23.3 Å². The molecule has 28 heavy (non-hydrogen) atoms. The molecular formula is C21H23NO5S. The second kappa shape index (κ2) is 7.67. The lowest BCUT2D eigenvalue weighted by Crippen LogP contribution is -2.19. The van der Waals surface area contributed by atoms with Gasteiger partial charge in [-0.1, -0.05) is 17.7 Å². The van der Waals surface area contributed by atoms with E-state index in [1.54, 1.807) is 37.3 Å². The van der Waals surface area contributed by atoms with E-state index in [0.717, 1.165) is 9.54 Å². The maximum Gasteiger partial charge on any atom is 0.356 e. The van der Waals surface area contributed by atoms with Crippen molar-refractivity contribution in [2.45, 2.75) is 38.7 Å². The lowest BCUT2D eigenvalue weighted by molar-refractivity contribution is 0.0518. The molecule has 0 saturated heterocycles. The second-order valence-corrected chi connectivity index (χ2v) is 8.51. The molecule has 7 heteroatoms. The quantitative estimate of drug-likeness (QED) is 0.580. The van der Waals surface area contributed by atoms with Gasteiger partial charge in [-0.25, -0.2) is 17.2 Å². The fourth-order valence-electron chi connectivity index (χ4n) is 2.94. The van der Waals surface area contributed by atoms with Gasteiger partial charge in [0.25, 0.3) is 10.0 Å². The SMILES string of the molecule is CCOC(=O)c1cc2cc(OC(C)C)ccc2n1S(=O)(=O)c1ccc(C)cc1. The van der Waals surface area contributed by atoms with Crippen molar-refractivity contribution in [3.63, 3.8) is 0 Å². The minimum atomic E-state index is -3.99. The lowest BCUT2D eigenvalue weighted by Gasteiger charge is -2.12. The first-order valence-electron chi connectivity index (χ1n) is 9.05.